The van der Waals surface area contributed by atoms with Crippen molar-refractivity contribution >= 4 is 17.7 Å². The smallest absolute Gasteiger partial charge is 0.387 e. The van der Waals surface area contributed by atoms with Gasteiger partial charge < -0.3 is 14.8 Å². The predicted octanol–water partition coefficient (Wildman–Crippen LogP) is 2.76. The van der Waals surface area contributed by atoms with Crippen LogP contribution in [-0.2, 0) is 20.7 Å². The molecule has 1 N–H and O–H groups in total. The van der Waals surface area contributed by atoms with E-state index in [9.17, 15) is 23.2 Å². The molecule has 148 valence electrons. The zero-order valence-electron chi connectivity index (χ0n) is 15.1. The summed E-state index contributed by atoms with van der Waals surface area (Å²) in [5, 5.41) is 2.50. The molecule has 0 spiro atoms. The summed E-state index contributed by atoms with van der Waals surface area (Å²) in [6, 6.07) is 13.6. The van der Waals surface area contributed by atoms with Crippen LogP contribution in [0.5, 0.6) is 5.75 Å². The Morgan fingerprint density at radius 3 is 2.29 bits per heavy atom. The minimum Gasteiger partial charge on any atom is -0.452 e. The van der Waals surface area contributed by atoms with Gasteiger partial charge in [0.2, 0.25) is 0 Å². The highest BCUT2D eigenvalue weighted by molar-refractivity contribution is 5.94. The molecule has 0 fully saturated rings. The highest BCUT2D eigenvalue weighted by Crippen LogP contribution is 2.21. The molecule has 6 nitrogen and oxygen atoms in total. The Morgan fingerprint density at radius 1 is 1.00 bits per heavy atom. The Hall–Kier alpha value is -3.29. The van der Waals surface area contributed by atoms with Crippen LogP contribution < -0.4 is 10.1 Å². The lowest BCUT2D eigenvalue weighted by molar-refractivity contribution is -0.128. The number of benzene rings is 2. The zero-order valence-corrected chi connectivity index (χ0v) is 15.1. The monoisotopic (exact) mass is 391 g/mol. The molecular formula is C20H19F2NO5. The molecule has 0 aromatic heterocycles. The number of amides is 1. The molecule has 2 aromatic carbocycles. The average molecular weight is 391 g/mol. The summed E-state index contributed by atoms with van der Waals surface area (Å²) in [6.45, 7) is -2.43. The Kier molecular flexibility index (Phi) is 7.62. The third kappa shape index (κ3) is 6.46. The van der Waals surface area contributed by atoms with Crippen molar-refractivity contribution in [1.82, 2.24) is 5.32 Å². The van der Waals surface area contributed by atoms with Crippen LogP contribution in [0.2, 0.25) is 0 Å². The number of ketones is 1. The topological polar surface area (TPSA) is 81.7 Å². The highest BCUT2D eigenvalue weighted by Gasteiger charge is 2.20. The van der Waals surface area contributed by atoms with Crippen molar-refractivity contribution in [2.24, 2.45) is 0 Å². The number of rotatable bonds is 9. The van der Waals surface area contributed by atoms with Crippen LogP contribution in [0.3, 0.4) is 0 Å². The second-order valence-electron chi connectivity index (χ2n) is 5.87. The van der Waals surface area contributed by atoms with Crippen LogP contribution in [0.25, 0.3) is 0 Å². The molecule has 2 rings (SSSR count). The van der Waals surface area contributed by atoms with E-state index in [1.807, 2.05) is 30.3 Å². The fraction of sp³-hybridized carbons (Fsp3) is 0.250. The Bertz CT molecular complexity index is 826. The van der Waals surface area contributed by atoms with Gasteiger partial charge in [0.1, 0.15) is 11.3 Å². The van der Waals surface area contributed by atoms with E-state index in [1.165, 1.54) is 31.2 Å². The van der Waals surface area contributed by atoms with Gasteiger partial charge in [-0.2, -0.15) is 8.78 Å². The molecule has 0 aliphatic rings. The Labute approximate surface area is 160 Å². The number of halogens is 2. The zero-order chi connectivity index (χ0) is 20.5. The van der Waals surface area contributed by atoms with Gasteiger partial charge in [-0.25, -0.2) is 4.79 Å². The van der Waals surface area contributed by atoms with Crippen molar-refractivity contribution in [3.05, 3.63) is 65.7 Å². The SMILES string of the molecule is CC(=O)[C@H](Cc1ccccc1)NC(=O)COC(=O)c1ccccc1OC(F)F. The molecule has 0 bridgehead atoms. The molecule has 0 aliphatic heterocycles. The summed E-state index contributed by atoms with van der Waals surface area (Å²) in [5.74, 6) is -2.28. The normalized spacial score (nSPS) is 11.6. The van der Waals surface area contributed by atoms with Crippen LogP contribution in [-0.4, -0.2) is 36.9 Å². The average Bonchev–Trinajstić information content (AvgIpc) is 2.66. The van der Waals surface area contributed by atoms with E-state index in [-0.39, 0.29) is 17.1 Å². The van der Waals surface area contributed by atoms with E-state index in [1.54, 1.807) is 0 Å². The molecule has 8 heteroatoms. The Morgan fingerprint density at radius 2 is 1.64 bits per heavy atom. The number of nitrogens with one attached hydrogen (secondary N) is 1. The maximum Gasteiger partial charge on any atom is 0.387 e. The van der Waals surface area contributed by atoms with Crippen molar-refractivity contribution < 1.29 is 32.6 Å². The summed E-state index contributed by atoms with van der Waals surface area (Å²) < 4.78 is 33.9. The first-order valence-corrected chi connectivity index (χ1v) is 8.41. The summed E-state index contributed by atoms with van der Waals surface area (Å²) in [4.78, 5) is 35.9. The number of carbonyl (C=O) groups is 3. The molecule has 28 heavy (non-hydrogen) atoms. The number of hydrogen-bond acceptors (Lipinski definition) is 5. The second kappa shape index (κ2) is 10.1. The van der Waals surface area contributed by atoms with Crippen LogP contribution in [0, 0.1) is 0 Å². The molecule has 0 heterocycles. The number of alkyl halides is 2. The van der Waals surface area contributed by atoms with E-state index < -0.39 is 31.1 Å². The standard InChI is InChI=1S/C20H19F2NO5/c1-13(24)16(11-14-7-3-2-4-8-14)23-18(25)12-27-19(26)15-9-5-6-10-17(15)28-20(21)22/h2-10,16,20H,11-12H2,1H3,(H,23,25)/t16-/m0/s1. The quantitative estimate of drug-likeness (QED) is 0.665. The Balaban J connectivity index is 1.93. The first kappa shape index (κ1) is 21.0. The largest absolute Gasteiger partial charge is 0.452 e. The third-order valence-electron chi connectivity index (χ3n) is 3.77. The molecule has 0 radical (unpaired) electrons. The van der Waals surface area contributed by atoms with Crippen LogP contribution in [0.4, 0.5) is 8.78 Å². The lowest BCUT2D eigenvalue weighted by Crippen LogP contribution is -2.43. The fourth-order valence-corrected chi connectivity index (χ4v) is 2.43. The minimum absolute atomic E-state index is 0.233. The second-order valence-corrected chi connectivity index (χ2v) is 5.87. The first-order chi connectivity index (χ1) is 13.4. The van der Waals surface area contributed by atoms with Crippen molar-refractivity contribution in [3.63, 3.8) is 0 Å². The minimum atomic E-state index is -3.11. The molecule has 1 amide bonds. The van der Waals surface area contributed by atoms with Gasteiger partial charge in [-0.3, -0.25) is 9.59 Å². The van der Waals surface area contributed by atoms with E-state index in [2.05, 4.69) is 10.1 Å². The number of para-hydroxylation sites is 1. The van der Waals surface area contributed by atoms with Gasteiger partial charge >= 0.3 is 12.6 Å². The fourth-order valence-electron chi connectivity index (χ4n) is 2.43. The molecule has 0 saturated heterocycles. The maximum atomic E-state index is 12.4. The maximum absolute atomic E-state index is 12.4. The van der Waals surface area contributed by atoms with Gasteiger partial charge in [-0.15, -0.1) is 0 Å². The van der Waals surface area contributed by atoms with Gasteiger partial charge in [0.05, 0.1) is 6.04 Å². The van der Waals surface area contributed by atoms with E-state index in [0.717, 1.165) is 5.56 Å². The highest BCUT2D eigenvalue weighted by atomic mass is 19.3. The molecule has 0 unspecified atom stereocenters. The van der Waals surface area contributed by atoms with Crippen molar-refractivity contribution in [3.8, 4) is 5.75 Å². The van der Waals surface area contributed by atoms with Crippen LogP contribution in [0.1, 0.15) is 22.8 Å². The summed E-state index contributed by atoms with van der Waals surface area (Å²) in [5.41, 5.74) is 0.626. The number of ether oxygens (including phenoxy) is 2. The number of esters is 1. The molecular weight excluding hydrogens is 372 g/mol. The van der Waals surface area contributed by atoms with Gasteiger partial charge in [0.25, 0.3) is 5.91 Å². The van der Waals surface area contributed by atoms with Crippen LogP contribution >= 0.6 is 0 Å². The third-order valence-corrected chi connectivity index (χ3v) is 3.77. The summed E-state index contributed by atoms with van der Waals surface area (Å²) in [7, 11) is 0. The van der Waals surface area contributed by atoms with Gasteiger partial charge in [-0.05, 0) is 31.0 Å². The summed E-state index contributed by atoms with van der Waals surface area (Å²) in [6.07, 6.45) is 0.293. The van der Waals surface area contributed by atoms with E-state index >= 15 is 0 Å². The number of hydrogen-bond donors (Lipinski definition) is 1. The molecule has 1 atom stereocenters. The van der Waals surface area contributed by atoms with Crippen molar-refractivity contribution in [2.45, 2.75) is 26.0 Å². The van der Waals surface area contributed by atoms with Gasteiger partial charge in [-0.1, -0.05) is 42.5 Å². The van der Waals surface area contributed by atoms with Crippen LogP contribution in [0.15, 0.2) is 54.6 Å². The van der Waals surface area contributed by atoms with Gasteiger partial charge in [0, 0.05) is 0 Å². The van der Waals surface area contributed by atoms with Gasteiger partial charge in [0.15, 0.2) is 12.4 Å². The first-order valence-electron chi connectivity index (χ1n) is 8.41. The lowest BCUT2D eigenvalue weighted by atomic mass is 10.0. The lowest BCUT2D eigenvalue weighted by Gasteiger charge is -2.16. The van der Waals surface area contributed by atoms with Crippen molar-refractivity contribution in [1.29, 1.82) is 0 Å². The molecule has 0 saturated carbocycles. The predicted molar refractivity (Wildman–Crippen MR) is 96.1 cm³/mol. The van der Waals surface area contributed by atoms with E-state index in [0.29, 0.717) is 6.42 Å². The van der Waals surface area contributed by atoms with E-state index in [4.69, 9.17) is 4.74 Å². The number of Topliss-reactive ketones (excluding diaryl/α,β-unsaturated/α-hetero) is 1. The molecule has 2 aromatic rings. The number of carbonyl (C=O) groups excluding carboxylic acids is 3. The van der Waals surface area contributed by atoms with Crippen molar-refractivity contribution in [2.75, 3.05) is 6.61 Å². The summed E-state index contributed by atoms with van der Waals surface area (Å²) >= 11 is 0. The molecule has 0 aliphatic carbocycles.